The van der Waals surface area contributed by atoms with Gasteiger partial charge < -0.3 is 10.1 Å². The molecule has 0 fully saturated rings. The molecule has 0 saturated heterocycles. The molecular weight excluding hydrogens is 338 g/mol. The van der Waals surface area contributed by atoms with E-state index in [1.54, 1.807) is 7.11 Å². The fourth-order valence-corrected chi connectivity index (χ4v) is 2.84. The molecule has 4 aromatic rings. The van der Waals surface area contributed by atoms with Crippen molar-refractivity contribution in [2.45, 2.75) is 6.92 Å². The van der Waals surface area contributed by atoms with E-state index in [-0.39, 0.29) is 0 Å². The molecule has 27 heavy (non-hydrogen) atoms. The smallest absolute Gasteiger partial charge is 0.159 e. The van der Waals surface area contributed by atoms with E-state index in [0.29, 0.717) is 11.6 Å². The monoisotopic (exact) mass is 357 g/mol. The zero-order chi connectivity index (χ0) is 18.6. The van der Waals surface area contributed by atoms with Gasteiger partial charge in [-0.3, -0.25) is 0 Å². The Bertz CT molecular complexity index is 1040. The minimum absolute atomic E-state index is 0.692. The zero-order valence-corrected chi connectivity index (χ0v) is 15.1. The van der Waals surface area contributed by atoms with Gasteiger partial charge >= 0.3 is 0 Å². The van der Waals surface area contributed by atoms with Gasteiger partial charge in [0, 0.05) is 17.3 Å². The van der Waals surface area contributed by atoms with Gasteiger partial charge in [-0.15, -0.1) is 0 Å². The summed E-state index contributed by atoms with van der Waals surface area (Å²) in [6, 6.07) is 21.7. The topological polar surface area (TPSA) is 64.9 Å². The van der Waals surface area contributed by atoms with Crippen LogP contribution in [-0.2, 0) is 0 Å². The van der Waals surface area contributed by atoms with Crippen LogP contribution < -0.4 is 10.1 Å². The molecule has 2 heterocycles. The molecule has 134 valence electrons. The van der Waals surface area contributed by atoms with Crippen molar-refractivity contribution in [1.29, 1.82) is 0 Å². The Kier molecular flexibility index (Phi) is 4.53. The Morgan fingerprint density at radius 2 is 1.70 bits per heavy atom. The first-order chi connectivity index (χ1) is 13.2. The second-order valence-corrected chi connectivity index (χ2v) is 6.06. The van der Waals surface area contributed by atoms with Crippen LogP contribution in [0.4, 0.5) is 11.5 Å². The minimum Gasteiger partial charge on any atom is -0.497 e. The lowest BCUT2D eigenvalue weighted by molar-refractivity contribution is 0.415. The van der Waals surface area contributed by atoms with E-state index in [2.05, 4.69) is 32.5 Å². The van der Waals surface area contributed by atoms with E-state index in [1.807, 2.05) is 66.2 Å². The lowest BCUT2D eigenvalue weighted by atomic mass is 10.1. The van der Waals surface area contributed by atoms with E-state index in [1.165, 1.54) is 6.33 Å². The van der Waals surface area contributed by atoms with Crippen molar-refractivity contribution in [2.75, 3.05) is 12.4 Å². The molecule has 6 heteroatoms. The molecule has 0 radical (unpaired) electrons. The predicted octanol–water partition coefficient (Wildman–Crippen LogP) is 4.39. The molecule has 0 spiro atoms. The average molecular weight is 357 g/mol. The summed E-state index contributed by atoms with van der Waals surface area (Å²) in [5.41, 5.74) is 3.92. The first-order valence-electron chi connectivity index (χ1n) is 8.58. The van der Waals surface area contributed by atoms with Gasteiger partial charge in [-0.25, -0.2) is 14.6 Å². The number of rotatable bonds is 5. The van der Waals surface area contributed by atoms with E-state index in [9.17, 15) is 0 Å². The zero-order valence-electron chi connectivity index (χ0n) is 15.1. The standard InChI is InChI=1S/C21H19N5O/c1-15-12-19(16-6-4-3-5-7-16)26(25-15)21-13-20(22-14-23-21)24-17-8-10-18(27-2)11-9-17/h3-14H,1-2H3,(H,22,23,24). The lowest BCUT2D eigenvalue weighted by Gasteiger charge is -2.10. The second kappa shape index (κ2) is 7.29. The summed E-state index contributed by atoms with van der Waals surface area (Å²) in [4.78, 5) is 8.72. The number of methoxy groups -OCH3 is 1. The van der Waals surface area contributed by atoms with E-state index in [0.717, 1.165) is 28.4 Å². The van der Waals surface area contributed by atoms with Crippen molar-refractivity contribution in [3.63, 3.8) is 0 Å². The third-order valence-corrected chi connectivity index (χ3v) is 4.13. The molecule has 6 nitrogen and oxygen atoms in total. The van der Waals surface area contributed by atoms with Crippen LogP contribution in [0, 0.1) is 6.92 Å². The van der Waals surface area contributed by atoms with E-state index >= 15 is 0 Å². The summed E-state index contributed by atoms with van der Waals surface area (Å²) in [6.07, 6.45) is 1.53. The van der Waals surface area contributed by atoms with Crippen LogP contribution in [0.15, 0.2) is 73.1 Å². The first kappa shape index (κ1) is 16.8. The highest BCUT2D eigenvalue weighted by atomic mass is 16.5. The van der Waals surface area contributed by atoms with Crippen molar-refractivity contribution in [1.82, 2.24) is 19.7 Å². The molecule has 0 amide bonds. The fourth-order valence-electron chi connectivity index (χ4n) is 2.84. The highest BCUT2D eigenvalue weighted by Crippen LogP contribution is 2.24. The molecule has 2 aromatic carbocycles. The lowest BCUT2D eigenvalue weighted by Crippen LogP contribution is -2.04. The number of nitrogens with one attached hydrogen (secondary N) is 1. The average Bonchev–Trinajstić information content (AvgIpc) is 3.11. The van der Waals surface area contributed by atoms with Gasteiger partial charge in [0.2, 0.25) is 0 Å². The number of aromatic nitrogens is 4. The Hall–Kier alpha value is -3.67. The maximum Gasteiger partial charge on any atom is 0.159 e. The second-order valence-electron chi connectivity index (χ2n) is 6.06. The third kappa shape index (κ3) is 3.64. The largest absolute Gasteiger partial charge is 0.497 e. The van der Waals surface area contributed by atoms with Crippen LogP contribution in [0.3, 0.4) is 0 Å². The number of nitrogens with zero attached hydrogens (tertiary/aromatic N) is 4. The van der Waals surface area contributed by atoms with Crippen molar-refractivity contribution >= 4 is 11.5 Å². The maximum atomic E-state index is 5.19. The quantitative estimate of drug-likeness (QED) is 0.574. The highest BCUT2D eigenvalue weighted by molar-refractivity contribution is 5.63. The van der Waals surface area contributed by atoms with Gasteiger partial charge in [0.25, 0.3) is 0 Å². The molecule has 0 aliphatic heterocycles. The number of hydrogen-bond acceptors (Lipinski definition) is 5. The van der Waals surface area contributed by atoms with Gasteiger partial charge in [0.1, 0.15) is 17.9 Å². The van der Waals surface area contributed by atoms with E-state index < -0.39 is 0 Å². The Balaban J connectivity index is 1.67. The van der Waals surface area contributed by atoms with Crippen LogP contribution >= 0.6 is 0 Å². The van der Waals surface area contributed by atoms with Crippen molar-refractivity contribution < 1.29 is 4.74 Å². The van der Waals surface area contributed by atoms with Crippen LogP contribution in [0.5, 0.6) is 5.75 Å². The first-order valence-corrected chi connectivity index (χ1v) is 8.58. The normalized spacial score (nSPS) is 10.6. The Morgan fingerprint density at radius 1 is 0.926 bits per heavy atom. The van der Waals surface area contributed by atoms with Crippen LogP contribution in [-0.4, -0.2) is 26.9 Å². The molecule has 0 saturated carbocycles. The summed E-state index contributed by atoms with van der Waals surface area (Å²) in [5.74, 6) is 2.20. The number of aryl methyl sites for hydroxylation is 1. The molecule has 1 N–H and O–H groups in total. The minimum atomic E-state index is 0.692. The Labute approximate surface area is 157 Å². The summed E-state index contributed by atoms with van der Waals surface area (Å²) in [7, 11) is 1.65. The third-order valence-electron chi connectivity index (χ3n) is 4.13. The fraction of sp³-hybridized carbons (Fsp3) is 0.0952. The van der Waals surface area contributed by atoms with Gasteiger partial charge in [0.15, 0.2) is 5.82 Å². The number of benzene rings is 2. The molecular formula is C21H19N5O. The van der Waals surface area contributed by atoms with Crippen LogP contribution in [0.2, 0.25) is 0 Å². The van der Waals surface area contributed by atoms with Crippen molar-refractivity contribution in [3.05, 3.63) is 78.8 Å². The number of anilines is 2. The number of ether oxygens (including phenoxy) is 1. The number of hydrogen-bond donors (Lipinski definition) is 1. The van der Waals surface area contributed by atoms with Crippen LogP contribution in [0.25, 0.3) is 17.1 Å². The van der Waals surface area contributed by atoms with Gasteiger partial charge in [0.05, 0.1) is 18.5 Å². The Morgan fingerprint density at radius 3 is 2.44 bits per heavy atom. The highest BCUT2D eigenvalue weighted by Gasteiger charge is 2.11. The van der Waals surface area contributed by atoms with Gasteiger partial charge in [-0.2, -0.15) is 5.10 Å². The van der Waals surface area contributed by atoms with Gasteiger partial charge in [-0.1, -0.05) is 30.3 Å². The van der Waals surface area contributed by atoms with Crippen LogP contribution in [0.1, 0.15) is 5.69 Å². The van der Waals surface area contributed by atoms with Crippen molar-refractivity contribution in [3.8, 4) is 22.8 Å². The summed E-state index contributed by atoms with van der Waals surface area (Å²) < 4.78 is 7.03. The SMILES string of the molecule is COc1ccc(Nc2cc(-n3nc(C)cc3-c3ccccc3)ncn2)cc1. The van der Waals surface area contributed by atoms with Gasteiger partial charge in [-0.05, 0) is 37.3 Å². The van der Waals surface area contributed by atoms with E-state index in [4.69, 9.17) is 4.74 Å². The summed E-state index contributed by atoms with van der Waals surface area (Å²) in [5, 5.41) is 7.89. The molecule has 0 atom stereocenters. The molecule has 0 unspecified atom stereocenters. The summed E-state index contributed by atoms with van der Waals surface area (Å²) in [6.45, 7) is 1.97. The molecule has 4 rings (SSSR count). The van der Waals surface area contributed by atoms with Crippen molar-refractivity contribution in [2.24, 2.45) is 0 Å². The molecule has 0 bridgehead atoms. The molecule has 2 aromatic heterocycles. The molecule has 0 aliphatic carbocycles. The predicted molar refractivity (Wildman–Crippen MR) is 106 cm³/mol. The summed E-state index contributed by atoms with van der Waals surface area (Å²) >= 11 is 0. The maximum absolute atomic E-state index is 5.19. The molecule has 0 aliphatic rings.